The largest absolute Gasteiger partial charge is 0.497 e. The minimum absolute atomic E-state index is 0.122. The van der Waals surface area contributed by atoms with Gasteiger partial charge in [0.1, 0.15) is 11.3 Å². The van der Waals surface area contributed by atoms with Gasteiger partial charge in [0.2, 0.25) is 5.76 Å². The molecule has 2 rings (SSSR count). The summed E-state index contributed by atoms with van der Waals surface area (Å²) in [6, 6.07) is 4.94. The lowest BCUT2D eigenvalue weighted by atomic mass is 10.2. The first-order chi connectivity index (χ1) is 7.13. The zero-order valence-electron chi connectivity index (χ0n) is 7.98. The molecule has 0 spiro atoms. The third kappa shape index (κ3) is 1.38. The summed E-state index contributed by atoms with van der Waals surface area (Å²) < 4.78 is 10.1. The highest BCUT2D eigenvalue weighted by molar-refractivity contribution is 6.02. The van der Waals surface area contributed by atoms with Crippen LogP contribution in [0.15, 0.2) is 22.6 Å². The van der Waals surface area contributed by atoms with Crippen molar-refractivity contribution < 1.29 is 19.1 Å². The Morgan fingerprint density at radius 2 is 2.27 bits per heavy atom. The molecule has 5 heteroatoms. The Kier molecular flexibility index (Phi) is 2.00. The molecule has 78 valence electrons. The van der Waals surface area contributed by atoms with Crippen molar-refractivity contribution in [3.8, 4) is 5.75 Å². The van der Waals surface area contributed by atoms with Gasteiger partial charge >= 0.3 is 5.97 Å². The molecule has 0 aliphatic carbocycles. The number of ether oxygens (including phenoxy) is 1. The second-order valence-electron chi connectivity index (χ2n) is 3.01. The van der Waals surface area contributed by atoms with E-state index in [-0.39, 0.29) is 11.4 Å². The molecular weight excluding hydrogens is 198 g/mol. The molecule has 0 fully saturated rings. The standard InChI is InChI=1S/C10H9NO4/c1-14-5-2-3-7-6(4-5)8(11)9(15-7)10(12)13/h2-4H,11H2,1H3,(H,12,13). The maximum absolute atomic E-state index is 10.7. The number of nitrogens with two attached hydrogens (primary N) is 1. The predicted octanol–water partition coefficient (Wildman–Crippen LogP) is 1.72. The van der Waals surface area contributed by atoms with Crippen LogP contribution in [0.4, 0.5) is 5.69 Å². The molecule has 15 heavy (non-hydrogen) atoms. The van der Waals surface area contributed by atoms with E-state index in [1.54, 1.807) is 18.2 Å². The number of furan rings is 1. The molecule has 0 unspecified atom stereocenters. The second kappa shape index (κ2) is 3.20. The van der Waals surface area contributed by atoms with Gasteiger partial charge in [-0.2, -0.15) is 0 Å². The smallest absolute Gasteiger partial charge is 0.374 e. The van der Waals surface area contributed by atoms with Crippen LogP contribution in [-0.4, -0.2) is 18.2 Å². The van der Waals surface area contributed by atoms with Crippen LogP contribution in [-0.2, 0) is 0 Å². The number of fused-ring (bicyclic) bond motifs is 1. The number of carboxylic acid groups (broad SMARTS) is 1. The minimum atomic E-state index is -1.18. The van der Waals surface area contributed by atoms with Crippen molar-refractivity contribution in [3.63, 3.8) is 0 Å². The van der Waals surface area contributed by atoms with Crippen molar-refractivity contribution in [3.05, 3.63) is 24.0 Å². The number of methoxy groups -OCH3 is 1. The quantitative estimate of drug-likeness (QED) is 0.783. The van der Waals surface area contributed by atoms with E-state index in [4.69, 9.17) is 20.0 Å². The third-order valence-electron chi connectivity index (χ3n) is 2.13. The van der Waals surface area contributed by atoms with Crippen molar-refractivity contribution in [2.75, 3.05) is 12.8 Å². The van der Waals surface area contributed by atoms with Gasteiger partial charge in [-0.1, -0.05) is 0 Å². The first-order valence-corrected chi connectivity index (χ1v) is 4.23. The van der Waals surface area contributed by atoms with Crippen LogP contribution < -0.4 is 10.5 Å². The van der Waals surface area contributed by atoms with Crippen LogP contribution in [0.25, 0.3) is 11.0 Å². The van der Waals surface area contributed by atoms with Crippen LogP contribution in [0.5, 0.6) is 5.75 Å². The zero-order chi connectivity index (χ0) is 11.0. The summed E-state index contributed by atoms with van der Waals surface area (Å²) in [5, 5.41) is 9.34. The fourth-order valence-corrected chi connectivity index (χ4v) is 1.38. The van der Waals surface area contributed by atoms with E-state index < -0.39 is 5.97 Å². The SMILES string of the molecule is COc1ccc2oc(C(=O)O)c(N)c2c1. The lowest BCUT2D eigenvalue weighted by molar-refractivity contribution is 0.0666. The highest BCUT2D eigenvalue weighted by Crippen LogP contribution is 2.31. The van der Waals surface area contributed by atoms with Gasteiger partial charge in [-0.15, -0.1) is 0 Å². The summed E-state index contributed by atoms with van der Waals surface area (Å²) in [6.45, 7) is 0. The topological polar surface area (TPSA) is 85.7 Å². The number of aromatic carboxylic acids is 1. The van der Waals surface area contributed by atoms with Crippen molar-refractivity contribution in [1.29, 1.82) is 0 Å². The first-order valence-electron chi connectivity index (χ1n) is 4.23. The van der Waals surface area contributed by atoms with Gasteiger partial charge in [-0.25, -0.2) is 4.79 Å². The molecule has 3 N–H and O–H groups in total. The highest BCUT2D eigenvalue weighted by atomic mass is 16.5. The second-order valence-corrected chi connectivity index (χ2v) is 3.01. The van der Waals surface area contributed by atoms with Crippen LogP contribution in [0.1, 0.15) is 10.6 Å². The number of hydrogen-bond donors (Lipinski definition) is 2. The number of rotatable bonds is 2. The minimum Gasteiger partial charge on any atom is -0.497 e. The molecule has 1 aromatic heterocycles. The molecule has 0 saturated heterocycles. The van der Waals surface area contributed by atoms with Crippen molar-refractivity contribution >= 4 is 22.6 Å². The van der Waals surface area contributed by atoms with Crippen LogP contribution in [0.3, 0.4) is 0 Å². The molecule has 0 aliphatic rings. The Labute approximate surface area is 85.0 Å². The van der Waals surface area contributed by atoms with E-state index in [2.05, 4.69) is 0 Å². The van der Waals surface area contributed by atoms with Gasteiger partial charge < -0.3 is 20.0 Å². The fraction of sp³-hybridized carbons (Fsp3) is 0.100. The van der Waals surface area contributed by atoms with Crippen LogP contribution in [0.2, 0.25) is 0 Å². The van der Waals surface area contributed by atoms with Crippen molar-refractivity contribution in [2.24, 2.45) is 0 Å². The van der Waals surface area contributed by atoms with Gasteiger partial charge in [0, 0.05) is 5.39 Å². The van der Waals surface area contributed by atoms with Crippen LogP contribution >= 0.6 is 0 Å². The number of benzene rings is 1. The van der Waals surface area contributed by atoms with Crippen LogP contribution in [0, 0.1) is 0 Å². The average Bonchev–Trinajstić information content (AvgIpc) is 2.56. The molecule has 0 bridgehead atoms. The Morgan fingerprint density at radius 1 is 1.53 bits per heavy atom. The fourth-order valence-electron chi connectivity index (χ4n) is 1.38. The summed E-state index contributed by atoms with van der Waals surface area (Å²) in [5.41, 5.74) is 6.19. The molecule has 0 saturated carbocycles. The molecule has 1 aromatic carbocycles. The van der Waals surface area contributed by atoms with E-state index in [0.717, 1.165) is 0 Å². The lowest BCUT2D eigenvalue weighted by Crippen LogP contribution is -1.98. The Balaban J connectivity index is 2.72. The molecular formula is C10H9NO4. The summed E-state index contributed by atoms with van der Waals surface area (Å²) >= 11 is 0. The number of anilines is 1. The molecule has 0 aliphatic heterocycles. The molecule has 0 radical (unpaired) electrons. The van der Waals surface area contributed by atoms with Crippen molar-refractivity contribution in [2.45, 2.75) is 0 Å². The first kappa shape index (κ1) is 9.39. The number of hydrogen-bond acceptors (Lipinski definition) is 4. The third-order valence-corrected chi connectivity index (χ3v) is 2.13. The summed E-state index contributed by atoms with van der Waals surface area (Å²) in [4.78, 5) is 10.7. The number of carbonyl (C=O) groups is 1. The Hall–Kier alpha value is -2.17. The molecule has 5 nitrogen and oxygen atoms in total. The molecule has 0 atom stereocenters. The average molecular weight is 207 g/mol. The molecule has 2 aromatic rings. The van der Waals surface area contributed by atoms with E-state index in [1.807, 2.05) is 0 Å². The van der Waals surface area contributed by atoms with Gasteiger partial charge in [-0.3, -0.25) is 0 Å². The zero-order valence-corrected chi connectivity index (χ0v) is 7.98. The van der Waals surface area contributed by atoms with Crippen molar-refractivity contribution in [1.82, 2.24) is 0 Å². The highest BCUT2D eigenvalue weighted by Gasteiger charge is 2.17. The van der Waals surface area contributed by atoms with E-state index >= 15 is 0 Å². The summed E-state index contributed by atoms with van der Waals surface area (Å²) in [5.74, 6) is -0.812. The maximum Gasteiger partial charge on any atom is 0.374 e. The normalized spacial score (nSPS) is 10.5. The molecule has 1 heterocycles. The predicted molar refractivity (Wildman–Crippen MR) is 54.1 cm³/mol. The summed E-state index contributed by atoms with van der Waals surface area (Å²) in [6.07, 6.45) is 0. The Morgan fingerprint density at radius 3 is 2.87 bits per heavy atom. The van der Waals surface area contributed by atoms with Gasteiger partial charge in [0.15, 0.2) is 0 Å². The Bertz CT molecular complexity index is 529. The van der Waals surface area contributed by atoms with E-state index in [0.29, 0.717) is 16.7 Å². The lowest BCUT2D eigenvalue weighted by Gasteiger charge is -1.97. The number of nitrogen functional groups attached to an aromatic ring is 1. The summed E-state index contributed by atoms with van der Waals surface area (Å²) in [7, 11) is 1.52. The van der Waals surface area contributed by atoms with Gasteiger partial charge in [-0.05, 0) is 18.2 Å². The van der Waals surface area contributed by atoms with E-state index in [9.17, 15) is 4.79 Å². The van der Waals surface area contributed by atoms with Gasteiger partial charge in [0.05, 0.1) is 12.8 Å². The number of carboxylic acids is 1. The molecule has 0 amide bonds. The monoisotopic (exact) mass is 207 g/mol. The maximum atomic E-state index is 10.7. The van der Waals surface area contributed by atoms with Gasteiger partial charge in [0.25, 0.3) is 0 Å². The van der Waals surface area contributed by atoms with E-state index in [1.165, 1.54) is 7.11 Å².